The van der Waals surface area contributed by atoms with Gasteiger partial charge in [-0.25, -0.2) is 0 Å². The Hall–Kier alpha value is -1.74. The summed E-state index contributed by atoms with van der Waals surface area (Å²) in [6.07, 6.45) is -4.98. The van der Waals surface area contributed by atoms with Gasteiger partial charge < -0.3 is 25.4 Å². The van der Waals surface area contributed by atoms with E-state index in [-0.39, 0.29) is 18.0 Å². The van der Waals surface area contributed by atoms with Gasteiger partial charge in [0.25, 0.3) is 5.69 Å². The van der Waals surface area contributed by atoms with E-state index in [1.165, 1.54) is 12.1 Å². The van der Waals surface area contributed by atoms with Crippen molar-refractivity contribution in [3.8, 4) is 0 Å². The number of ether oxygens (including phenoxy) is 1. The molecule has 8 heteroatoms. The molecule has 1 aliphatic heterocycles. The Bertz CT molecular complexity index is 509. The predicted molar refractivity (Wildman–Crippen MR) is 69.2 cm³/mol. The van der Waals surface area contributed by atoms with E-state index in [0.717, 1.165) is 5.56 Å². The average molecular weight is 284 g/mol. The SMILES string of the molecule is Cc1ccc(N[C@@H]2OC[C@@H](O)[C@@H](O)[C@H]2O)c([N+](=O)[O-])c1. The Kier molecular flexibility index (Phi) is 4.19. The van der Waals surface area contributed by atoms with E-state index >= 15 is 0 Å². The molecule has 0 radical (unpaired) electrons. The van der Waals surface area contributed by atoms with Gasteiger partial charge >= 0.3 is 0 Å². The molecule has 1 aromatic rings. The van der Waals surface area contributed by atoms with Gasteiger partial charge in [-0.2, -0.15) is 0 Å². The molecule has 0 aromatic heterocycles. The van der Waals surface area contributed by atoms with Crippen LogP contribution in [0.4, 0.5) is 11.4 Å². The normalized spacial score (nSPS) is 30.0. The average Bonchev–Trinajstić information content (AvgIpc) is 2.41. The van der Waals surface area contributed by atoms with Crippen molar-refractivity contribution in [2.24, 2.45) is 0 Å². The van der Waals surface area contributed by atoms with Crippen molar-refractivity contribution in [3.63, 3.8) is 0 Å². The highest BCUT2D eigenvalue weighted by atomic mass is 16.6. The maximum absolute atomic E-state index is 11.0. The van der Waals surface area contributed by atoms with E-state index in [2.05, 4.69) is 5.32 Å². The summed E-state index contributed by atoms with van der Waals surface area (Å²) in [5.41, 5.74) is 0.748. The topological polar surface area (TPSA) is 125 Å². The fourth-order valence-corrected chi connectivity index (χ4v) is 2.00. The molecule has 8 nitrogen and oxygen atoms in total. The summed E-state index contributed by atoms with van der Waals surface area (Å²) >= 11 is 0. The number of nitro groups is 1. The molecule has 0 aliphatic carbocycles. The molecule has 4 atom stereocenters. The number of aliphatic hydroxyl groups is 3. The second-order valence-corrected chi connectivity index (χ2v) is 4.72. The van der Waals surface area contributed by atoms with Crippen molar-refractivity contribution in [3.05, 3.63) is 33.9 Å². The minimum Gasteiger partial charge on any atom is -0.388 e. The third kappa shape index (κ3) is 2.88. The van der Waals surface area contributed by atoms with E-state index in [9.17, 15) is 25.4 Å². The van der Waals surface area contributed by atoms with Crippen molar-refractivity contribution in [1.29, 1.82) is 0 Å². The summed E-state index contributed by atoms with van der Waals surface area (Å²) in [6.45, 7) is 1.55. The lowest BCUT2D eigenvalue weighted by atomic mass is 10.0. The summed E-state index contributed by atoms with van der Waals surface area (Å²) < 4.78 is 5.15. The van der Waals surface area contributed by atoms with Crippen molar-refractivity contribution in [1.82, 2.24) is 0 Å². The van der Waals surface area contributed by atoms with Gasteiger partial charge in [-0.05, 0) is 18.6 Å². The first-order valence-electron chi connectivity index (χ1n) is 6.07. The number of hydrogen-bond acceptors (Lipinski definition) is 7. The van der Waals surface area contributed by atoms with Gasteiger partial charge in [-0.15, -0.1) is 0 Å². The van der Waals surface area contributed by atoms with Crippen LogP contribution in [0.1, 0.15) is 5.56 Å². The zero-order valence-electron chi connectivity index (χ0n) is 10.8. The first-order valence-corrected chi connectivity index (χ1v) is 6.07. The summed E-state index contributed by atoms with van der Waals surface area (Å²) in [7, 11) is 0. The van der Waals surface area contributed by atoms with Gasteiger partial charge in [-0.3, -0.25) is 10.1 Å². The molecule has 0 bridgehead atoms. The molecule has 1 fully saturated rings. The van der Waals surface area contributed by atoms with Gasteiger partial charge in [0.2, 0.25) is 0 Å². The number of aryl methyl sites for hydroxylation is 1. The number of benzene rings is 1. The monoisotopic (exact) mass is 284 g/mol. The molecule has 0 unspecified atom stereocenters. The standard InChI is InChI=1S/C12H16N2O6/c1-6-2-3-7(8(4-6)14(18)19)13-12-11(17)10(16)9(15)5-20-12/h2-4,9-13,15-17H,5H2,1H3/t9-,10-,11-,12-/m1/s1. The van der Waals surface area contributed by atoms with Gasteiger partial charge in [0.15, 0.2) is 6.23 Å². The molecular formula is C12H16N2O6. The number of hydrogen-bond donors (Lipinski definition) is 4. The molecule has 110 valence electrons. The zero-order chi connectivity index (χ0) is 14.9. The minimum absolute atomic E-state index is 0.151. The molecule has 20 heavy (non-hydrogen) atoms. The summed E-state index contributed by atoms with van der Waals surface area (Å²) in [4.78, 5) is 10.4. The van der Waals surface area contributed by atoms with Gasteiger partial charge in [0.1, 0.15) is 24.0 Å². The van der Waals surface area contributed by atoms with Crippen LogP contribution in [0.25, 0.3) is 0 Å². The highest BCUT2D eigenvalue weighted by Crippen LogP contribution is 2.28. The maximum Gasteiger partial charge on any atom is 0.292 e. The smallest absolute Gasteiger partial charge is 0.292 e. The van der Waals surface area contributed by atoms with Crippen molar-refractivity contribution >= 4 is 11.4 Å². The van der Waals surface area contributed by atoms with E-state index in [0.29, 0.717) is 0 Å². The summed E-state index contributed by atoms with van der Waals surface area (Å²) in [5.74, 6) is 0. The quantitative estimate of drug-likeness (QED) is 0.445. The van der Waals surface area contributed by atoms with E-state index < -0.39 is 29.5 Å². The van der Waals surface area contributed by atoms with Crippen LogP contribution in [0, 0.1) is 17.0 Å². The second-order valence-electron chi connectivity index (χ2n) is 4.72. The van der Waals surface area contributed by atoms with Crippen LogP contribution in [0.2, 0.25) is 0 Å². The molecule has 1 heterocycles. The fourth-order valence-electron chi connectivity index (χ4n) is 2.00. The second kappa shape index (κ2) is 5.71. The first-order chi connectivity index (χ1) is 9.40. The number of nitro benzene ring substituents is 1. The van der Waals surface area contributed by atoms with Crippen molar-refractivity contribution < 1.29 is 25.0 Å². The van der Waals surface area contributed by atoms with Crippen molar-refractivity contribution in [2.45, 2.75) is 31.5 Å². The van der Waals surface area contributed by atoms with Gasteiger partial charge in [0, 0.05) is 6.07 Å². The molecule has 1 aromatic carbocycles. The van der Waals surface area contributed by atoms with E-state index in [4.69, 9.17) is 4.74 Å². The van der Waals surface area contributed by atoms with Crippen LogP contribution in [0.15, 0.2) is 18.2 Å². The van der Waals surface area contributed by atoms with Crippen LogP contribution in [-0.4, -0.2) is 51.4 Å². The Morgan fingerprint density at radius 3 is 2.70 bits per heavy atom. The van der Waals surface area contributed by atoms with Crippen molar-refractivity contribution in [2.75, 3.05) is 11.9 Å². The molecule has 1 saturated heterocycles. The lowest BCUT2D eigenvalue weighted by Crippen LogP contribution is -2.55. The molecule has 0 spiro atoms. The number of anilines is 1. The zero-order valence-corrected chi connectivity index (χ0v) is 10.8. The molecule has 4 N–H and O–H groups in total. The van der Waals surface area contributed by atoms with Crippen LogP contribution in [-0.2, 0) is 4.74 Å². The molecule has 0 amide bonds. The lowest BCUT2D eigenvalue weighted by Gasteiger charge is -2.35. The summed E-state index contributed by atoms with van der Waals surface area (Å²) in [5, 5.41) is 42.3. The van der Waals surface area contributed by atoms with E-state index in [1.807, 2.05) is 0 Å². The third-order valence-electron chi connectivity index (χ3n) is 3.15. The number of nitrogens with one attached hydrogen (secondary N) is 1. The minimum atomic E-state index is -1.39. The lowest BCUT2D eigenvalue weighted by molar-refractivity contribution is -0.384. The van der Waals surface area contributed by atoms with Crippen LogP contribution >= 0.6 is 0 Å². The van der Waals surface area contributed by atoms with Crippen LogP contribution < -0.4 is 5.32 Å². The molecule has 1 aliphatic rings. The summed E-state index contributed by atoms with van der Waals surface area (Å²) in [6, 6.07) is 4.57. The highest BCUT2D eigenvalue weighted by molar-refractivity contribution is 5.62. The third-order valence-corrected chi connectivity index (χ3v) is 3.15. The van der Waals surface area contributed by atoms with Gasteiger partial charge in [0.05, 0.1) is 11.5 Å². The molecular weight excluding hydrogens is 268 g/mol. The Balaban J connectivity index is 2.20. The van der Waals surface area contributed by atoms with Gasteiger partial charge in [-0.1, -0.05) is 6.07 Å². The van der Waals surface area contributed by atoms with E-state index in [1.54, 1.807) is 13.0 Å². The fraction of sp³-hybridized carbons (Fsp3) is 0.500. The van der Waals surface area contributed by atoms with Crippen LogP contribution in [0.3, 0.4) is 0 Å². The largest absolute Gasteiger partial charge is 0.388 e. The molecule has 0 saturated carbocycles. The number of aliphatic hydroxyl groups excluding tert-OH is 3. The number of rotatable bonds is 3. The number of nitrogens with zero attached hydrogens (tertiary/aromatic N) is 1. The maximum atomic E-state index is 11.0. The Morgan fingerprint density at radius 1 is 1.35 bits per heavy atom. The first kappa shape index (κ1) is 14.7. The predicted octanol–water partition coefficient (Wildman–Crippen LogP) is -0.246. The molecule has 2 rings (SSSR count). The Morgan fingerprint density at radius 2 is 2.05 bits per heavy atom. The van der Waals surface area contributed by atoms with Crippen LogP contribution in [0.5, 0.6) is 0 Å². The Labute approximate surface area is 114 Å². The highest BCUT2D eigenvalue weighted by Gasteiger charge is 2.38.